The largest absolute Gasteiger partial charge is 0.372 e. The zero-order chi connectivity index (χ0) is 16.5. The van der Waals surface area contributed by atoms with Crippen LogP contribution >= 0.6 is 0 Å². The van der Waals surface area contributed by atoms with Crippen molar-refractivity contribution in [1.82, 2.24) is 5.43 Å². The first-order chi connectivity index (χ1) is 11.2. The van der Waals surface area contributed by atoms with Gasteiger partial charge in [0.2, 0.25) is 0 Å². The Morgan fingerprint density at radius 1 is 1.00 bits per heavy atom. The predicted molar refractivity (Wildman–Crippen MR) is 97.2 cm³/mol. The monoisotopic (exact) mass is 315 g/mol. The highest BCUT2D eigenvalue weighted by atomic mass is 16.2. The van der Waals surface area contributed by atoms with Crippen LogP contribution in [-0.4, -0.2) is 24.7 Å². The van der Waals surface area contributed by atoms with Crippen molar-refractivity contribution in [1.29, 1.82) is 0 Å². The second-order valence-electron chi connectivity index (χ2n) is 6.11. The number of rotatable bonds is 5. The molecule has 1 aliphatic carbocycles. The number of amides is 1. The van der Waals surface area contributed by atoms with Gasteiger partial charge in [-0.1, -0.05) is 19.3 Å². The van der Waals surface area contributed by atoms with Crippen molar-refractivity contribution < 1.29 is 4.79 Å². The first kappa shape index (κ1) is 17.5. The van der Waals surface area contributed by atoms with Gasteiger partial charge in [0.05, 0.1) is 0 Å². The number of nitrogens with zero attached hydrogens (tertiary/aromatic N) is 2. The molecule has 1 N–H and O–H groups in total. The number of carbonyl (C=O) groups excluding carboxylic acids is 1. The molecule has 0 saturated heterocycles. The number of anilines is 1. The molecular formula is C19H29N3O. The lowest BCUT2D eigenvalue weighted by atomic mass is 9.99. The minimum atomic E-state index is -0.120. The molecule has 4 nitrogen and oxygen atoms in total. The van der Waals surface area contributed by atoms with E-state index in [0.717, 1.165) is 37.3 Å². The molecule has 23 heavy (non-hydrogen) atoms. The Morgan fingerprint density at radius 3 is 2.13 bits per heavy atom. The van der Waals surface area contributed by atoms with E-state index in [1.54, 1.807) is 0 Å². The van der Waals surface area contributed by atoms with Crippen LogP contribution in [0.3, 0.4) is 0 Å². The van der Waals surface area contributed by atoms with Crippen LogP contribution in [0.1, 0.15) is 69.2 Å². The second-order valence-corrected chi connectivity index (χ2v) is 6.11. The minimum Gasteiger partial charge on any atom is -0.372 e. The number of nitrogens with one attached hydrogen (secondary N) is 1. The Morgan fingerprint density at radius 2 is 1.57 bits per heavy atom. The van der Waals surface area contributed by atoms with Gasteiger partial charge in [-0.25, -0.2) is 5.43 Å². The van der Waals surface area contributed by atoms with Crippen LogP contribution < -0.4 is 10.3 Å². The third-order valence-corrected chi connectivity index (χ3v) is 4.50. The molecule has 1 aromatic rings. The van der Waals surface area contributed by atoms with E-state index < -0.39 is 0 Å². The van der Waals surface area contributed by atoms with Crippen molar-refractivity contribution >= 4 is 17.3 Å². The molecule has 0 heterocycles. The lowest BCUT2D eigenvalue weighted by Gasteiger charge is -2.20. The van der Waals surface area contributed by atoms with Crippen LogP contribution in [0.2, 0.25) is 0 Å². The molecule has 1 fully saturated rings. The standard InChI is InChI=1S/C19H29N3O/c1-3-22(4-2)18-14-12-16(13-15-18)19(23)21-20-17-10-8-6-5-7-9-11-17/h12-15H,3-11H2,1-2H3,(H,21,23). The molecule has 1 aliphatic rings. The van der Waals surface area contributed by atoms with Gasteiger partial charge in [-0.2, -0.15) is 5.10 Å². The van der Waals surface area contributed by atoms with Gasteiger partial charge in [-0.05, 0) is 63.8 Å². The lowest BCUT2D eigenvalue weighted by Crippen LogP contribution is -2.22. The van der Waals surface area contributed by atoms with Crippen molar-refractivity contribution in [3.63, 3.8) is 0 Å². The molecule has 0 unspecified atom stereocenters. The highest BCUT2D eigenvalue weighted by Gasteiger charge is 2.09. The molecule has 0 radical (unpaired) electrons. The van der Waals surface area contributed by atoms with E-state index in [-0.39, 0.29) is 5.91 Å². The maximum atomic E-state index is 12.2. The summed E-state index contributed by atoms with van der Waals surface area (Å²) in [7, 11) is 0. The van der Waals surface area contributed by atoms with Crippen molar-refractivity contribution in [2.45, 2.75) is 58.8 Å². The first-order valence-electron chi connectivity index (χ1n) is 8.95. The predicted octanol–water partition coefficient (Wildman–Crippen LogP) is 4.36. The molecule has 1 amide bonds. The fourth-order valence-electron chi connectivity index (χ4n) is 3.03. The van der Waals surface area contributed by atoms with E-state index in [4.69, 9.17) is 0 Å². The summed E-state index contributed by atoms with van der Waals surface area (Å²) in [4.78, 5) is 14.5. The lowest BCUT2D eigenvalue weighted by molar-refractivity contribution is 0.0954. The van der Waals surface area contributed by atoms with Gasteiger partial charge in [0.25, 0.3) is 5.91 Å². The number of hydrogen-bond acceptors (Lipinski definition) is 3. The summed E-state index contributed by atoms with van der Waals surface area (Å²) in [5, 5.41) is 4.36. The summed E-state index contributed by atoms with van der Waals surface area (Å²) in [5.74, 6) is -0.120. The summed E-state index contributed by atoms with van der Waals surface area (Å²) >= 11 is 0. The second kappa shape index (κ2) is 9.33. The van der Waals surface area contributed by atoms with Gasteiger partial charge >= 0.3 is 0 Å². The van der Waals surface area contributed by atoms with Gasteiger partial charge in [-0.15, -0.1) is 0 Å². The van der Waals surface area contributed by atoms with Gasteiger partial charge in [0.15, 0.2) is 0 Å². The van der Waals surface area contributed by atoms with Crippen LogP contribution in [0.5, 0.6) is 0 Å². The van der Waals surface area contributed by atoms with E-state index >= 15 is 0 Å². The van der Waals surface area contributed by atoms with Crippen molar-refractivity contribution in [3.05, 3.63) is 29.8 Å². The average molecular weight is 315 g/mol. The van der Waals surface area contributed by atoms with E-state index in [9.17, 15) is 4.79 Å². The van der Waals surface area contributed by atoms with E-state index in [0.29, 0.717) is 5.56 Å². The van der Waals surface area contributed by atoms with Crippen molar-refractivity contribution in [2.75, 3.05) is 18.0 Å². The summed E-state index contributed by atoms with van der Waals surface area (Å²) in [5.41, 5.74) is 5.68. The van der Waals surface area contributed by atoms with Crippen molar-refractivity contribution in [2.24, 2.45) is 5.10 Å². The number of hydrogen-bond donors (Lipinski definition) is 1. The molecule has 1 saturated carbocycles. The quantitative estimate of drug-likeness (QED) is 0.820. The minimum absolute atomic E-state index is 0.120. The normalized spacial score (nSPS) is 15.5. The fraction of sp³-hybridized carbons (Fsp3) is 0.579. The fourth-order valence-corrected chi connectivity index (χ4v) is 3.03. The molecule has 1 aromatic carbocycles. The van der Waals surface area contributed by atoms with Crippen LogP contribution in [0.25, 0.3) is 0 Å². The summed E-state index contributed by atoms with van der Waals surface area (Å²) in [6.45, 7) is 6.20. The summed E-state index contributed by atoms with van der Waals surface area (Å²) in [6, 6.07) is 7.76. The van der Waals surface area contributed by atoms with Crippen LogP contribution in [0.4, 0.5) is 5.69 Å². The van der Waals surface area contributed by atoms with Gasteiger partial charge < -0.3 is 4.90 Å². The number of benzene rings is 1. The molecule has 2 rings (SSSR count). The Hall–Kier alpha value is -1.84. The third-order valence-electron chi connectivity index (χ3n) is 4.50. The van der Waals surface area contributed by atoms with E-state index in [1.807, 2.05) is 24.3 Å². The molecular weight excluding hydrogens is 286 g/mol. The van der Waals surface area contributed by atoms with Gasteiger partial charge in [0, 0.05) is 30.1 Å². The molecule has 0 bridgehead atoms. The van der Waals surface area contributed by atoms with Crippen molar-refractivity contribution in [3.8, 4) is 0 Å². The average Bonchev–Trinajstić information content (AvgIpc) is 2.55. The number of hydrazone groups is 1. The summed E-state index contributed by atoms with van der Waals surface area (Å²) < 4.78 is 0. The van der Waals surface area contributed by atoms with E-state index in [2.05, 4.69) is 29.3 Å². The zero-order valence-electron chi connectivity index (χ0n) is 14.5. The molecule has 0 aliphatic heterocycles. The maximum absolute atomic E-state index is 12.2. The Balaban J connectivity index is 1.94. The van der Waals surface area contributed by atoms with E-state index in [1.165, 1.54) is 32.1 Å². The molecule has 0 aromatic heterocycles. The molecule has 4 heteroatoms. The Labute approximate surface area is 140 Å². The topological polar surface area (TPSA) is 44.7 Å². The zero-order valence-corrected chi connectivity index (χ0v) is 14.5. The maximum Gasteiger partial charge on any atom is 0.271 e. The Bertz CT molecular complexity index is 508. The van der Waals surface area contributed by atoms with Gasteiger partial charge in [-0.3, -0.25) is 4.79 Å². The highest BCUT2D eigenvalue weighted by Crippen LogP contribution is 2.16. The first-order valence-corrected chi connectivity index (χ1v) is 8.95. The smallest absolute Gasteiger partial charge is 0.271 e. The highest BCUT2D eigenvalue weighted by molar-refractivity contribution is 5.95. The number of carbonyl (C=O) groups is 1. The Kier molecular flexibility index (Phi) is 7.11. The van der Waals surface area contributed by atoms with Crippen LogP contribution in [-0.2, 0) is 0 Å². The molecule has 0 atom stereocenters. The van der Waals surface area contributed by atoms with Crippen LogP contribution in [0.15, 0.2) is 29.4 Å². The molecule has 126 valence electrons. The SMILES string of the molecule is CCN(CC)c1ccc(C(=O)NN=C2CCCCCCC2)cc1. The molecule has 0 spiro atoms. The van der Waals surface area contributed by atoms with Crippen LogP contribution in [0, 0.1) is 0 Å². The summed E-state index contributed by atoms with van der Waals surface area (Å²) in [6.07, 6.45) is 8.29. The van der Waals surface area contributed by atoms with Gasteiger partial charge in [0.1, 0.15) is 0 Å². The third kappa shape index (κ3) is 5.38.